The molecule has 0 unspecified atom stereocenters. The second-order valence-electron chi connectivity index (χ2n) is 6.94. The van der Waals surface area contributed by atoms with Gasteiger partial charge < -0.3 is 19.4 Å². The van der Waals surface area contributed by atoms with Gasteiger partial charge >= 0.3 is 0 Å². The normalized spacial score (nSPS) is 11.7. The van der Waals surface area contributed by atoms with E-state index in [9.17, 15) is 0 Å². The van der Waals surface area contributed by atoms with E-state index in [4.69, 9.17) is 11.6 Å². The van der Waals surface area contributed by atoms with Crippen LogP contribution in [0.5, 0.6) is 0 Å². The Morgan fingerprint density at radius 2 is 2.07 bits per heavy atom. The van der Waals surface area contributed by atoms with Crippen LogP contribution in [0.4, 0.5) is 0 Å². The topological polar surface area (TPSA) is 50.4 Å². The molecule has 0 amide bonds. The third kappa shape index (κ3) is 4.95. The second-order valence-corrected chi connectivity index (χ2v) is 7.38. The molecule has 0 aliphatic rings. The first-order chi connectivity index (χ1) is 13.5. The van der Waals surface area contributed by atoms with Gasteiger partial charge in [-0.2, -0.15) is 0 Å². The quantitative estimate of drug-likeness (QED) is 0.511. The van der Waals surface area contributed by atoms with Crippen molar-refractivity contribution >= 4 is 17.6 Å². The Labute approximate surface area is 171 Å². The van der Waals surface area contributed by atoms with Crippen molar-refractivity contribution in [3.63, 3.8) is 0 Å². The number of aliphatic imine (C=N–C) groups is 1. The van der Waals surface area contributed by atoms with Crippen LogP contribution in [0.1, 0.15) is 22.6 Å². The van der Waals surface area contributed by atoms with Crippen LogP contribution >= 0.6 is 11.6 Å². The van der Waals surface area contributed by atoms with Crippen molar-refractivity contribution in [3.8, 4) is 0 Å². The summed E-state index contributed by atoms with van der Waals surface area (Å²) in [6.45, 7) is 4.28. The summed E-state index contributed by atoms with van der Waals surface area (Å²) in [5.41, 5.74) is 3.60. The Morgan fingerprint density at radius 1 is 1.29 bits per heavy atom. The summed E-state index contributed by atoms with van der Waals surface area (Å²) in [5.74, 6) is 1.86. The van der Waals surface area contributed by atoms with Crippen molar-refractivity contribution in [2.24, 2.45) is 12.0 Å². The fourth-order valence-electron chi connectivity index (χ4n) is 3.21. The predicted octanol–water partition coefficient (Wildman–Crippen LogP) is 3.44. The van der Waals surface area contributed by atoms with Gasteiger partial charge in [0.2, 0.25) is 0 Å². The van der Waals surface area contributed by atoms with Gasteiger partial charge in [-0.25, -0.2) is 4.98 Å². The van der Waals surface area contributed by atoms with Gasteiger partial charge in [-0.15, -0.1) is 0 Å². The minimum absolute atomic E-state index is 0.710. The fourth-order valence-corrected chi connectivity index (χ4v) is 3.48. The molecule has 3 aromatic rings. The van der Waals surface area contributed by atoms with Gasteiger partial charge in [0.1, 0.15) is 5.82 Å². The molecule has 0 spiro atoms. The Kier molecular flexibility index (Phi) is 6.41. The highest BCUT2D eigenvalue weighted by atomic mass is 35.5. The highest BCUT2D eigenvalue weighted by Gasteiger charge is 2.10. The highest BCUT2D eigenvalue weighted by Crippen LogP contribution is 2.14. The van der Waals surface area contributed by atoms with E-state index in [0.29, 0.717) is 6.54 Å². The van der Waals surface area contributed by atoms with Crippen molar-refractivity contribution in [2.75, 3.05) is 14.1 Å². The van der Waals surface area contributed by atoms with E-state index >= 15 is 0 Å². The number of nitrogens with zero attached hydrogens (tertiary/aromatic N) is 5. The Hall–Kier alpha value is -2.73. The Balaban J connectivity index is 1.61. The number of halogens is 1. The third-order valence-corrected chi connectivity index (χ3v) is 4.97. The summed E-state index contributed by atoms with van der Waals surface area (Å²) in [6.07, 6.45) is 5.75. The number of imidazole rings is 1. The average molecular weight is 399 g/mol. The van der Waals surface area contributed by atoms with Gasteiger partial charge in [0.05, 0.1) is 11.6 Å². The number of nitrogens with one attached hydrogen (secondary N) is 1. The molecule has 148 valence electrons. The second kappa shape index (κ2) is 8.97. The molecule has 0 aliphatic heterocycles. The molecule has 0 radical (unpaired) electrons. The number of hydrogen-bond acceptors (Lipinski definition) is 2. The zero-order valence-corrected chi connectivity index (χ0v) is 17.6. The molecule has 7 heteroatoms. The third-order valence-electron chi connectivity index (χ3n) is 4.77. The van der Waals surface area contributed by atoms with E-state index in [-0.39, 0.29) is 0 Å². The smallest absolute Gasteiger partial charge is 0.194 e. The maximum Gasteiger partial charge on any atom is 0.194 e. The van der Waals surface area contributed by atoms with Gasteiger partial charge in [-0.1, -0.05) is 35.9 Å². The molecule has 0 saturated heterocycles. The first-order valence-electron chi connectivity index (χ1n) is 9.24. The number of aromatic nitrogens is 3. The molecule has 0 aliphatic carbocycles. The van der Waals surface area contributed by atoms with E-state index in [1.54, 1.807) is 7.05 Å². The predicted molar refractivity (Wildman–Crippen MR) is 115 cm³/mol. The van der Waals surface area contributed by atoms with E-state index < -0.39 is 0 Å². The molecule has 0 saturated carbocycles. The summed E-state index contributed by atoms with van der Waals surface area (Å²) in [7, 11) is 5.82. The number of guanidine groups is 1. The van der Waals surface area contributed by atoms with Gasteiger partial charge in [0, 0.05) is 58.5 Å². The molecule has 0 atom stereocenters. The minimum atomic E-state index is 0.710. The van der Waals surface area contributed by atoms with Crippen molar-refractivity contribution in [2.45, 2.75) is 26.6 Å². The Morgan fingerprint density at radius 3 is 2.71 bits per heavy atom. The summed E-state index contributed by atoms with van der Waals surface area (Å²) < 4.78 is 4.18. The molecule has 1 aromatic carbocycles. The first-order valence-corrected chi connectivity index (χ1v) is 9.62. The van der Waals surface area contributed by atoms with Gasteiger partial charge in [0.25, 0.3) is 0 Å². The van der Waals surface area contributed by atoms with Crippen LogP contribution in [-0.2, 0) is 26.7 Å². The van der Waals surface area contributed by atoms with E-state index in [1.165, 1.54) is 11.1 Å². The molecule has 0 bridgehead atoms. The van der Waals surface area contributed by atoms with Crippen molar-refractivity contribution in [3.05, 3.63) is 76.6 Å². The highest BCUT2D eigenvalue weighted by molar-refractivity contribution is 6.30. The van der Waals surface area contributed by atoms with Crippen LogP contribution in [0.15, 0.2) is 53.9 Å². The van der Waals surface area contributed by atoms with Crippen LogP contribution < -0.4 is 5.32 Å². The fraction of sp³-hybridized carbons (Fsp3) is 0.333. The lowest BCUT2D eigenvalue weighted by Gasteiger charge is -2.22. The first kappa shape index (κ1) is 20.0. The molecule has 0 fully saturated rings. The Bertz CT molecular complexity index is 955. The number of aryl methyl sites for hydroxylation is 2. The maximum absolute atomic E-state index is 6.09. The molecule has 1 N–H and O–H groups in total. The molecule has 28 heavy (non-hydrogen) atoms. The van der Waals surface area contributed by atoms with Gasteiger partial charge in [0.15, 0.2) is 5.96 Å². The summed E-state index contributed by atoms with van der Waals surface area (Å²) in [6, 6.07) is 10.6. The average Bonchev–Trinajstić information content (AvgIpc) is 3.20. The standard InChI is InChI=1S/C21H27ClN6/c1-16-24-8-9-28(16)13-18-7-5-6-17(10-18)12-25-21(23-2)27(4)15-20-11-19(22)14-26(20)3/h5-11,14H,12-13,15H2,1-4H3,(H,23,25). The molecular formula is C21H27ClN6. The van der Waals surface area contributed by atoms with Crippen molar-refractivity contribution in [1.82, 2.24) is 24.3 Å². The number of rotatable bonds is 6. The maximum atomic E-state index is 6.09. The molecule has 3 rings (SSSR count). The monoisotopic (exact) mass is 398 g/mol. The van der Waals surface area contributed by atoms with Crippen LogP contribution in [0.2, 0.25) is 5.02 Å². The molecule has 2 heterocycles. The lowest BCUT2D eigenvalue weighted by molar-refractivity contribution is 0.461. The van der Waals surface area contributed by atoms with Crippen LogP contribution in [-0.4, -0.2) is 39.1 Å². The largest absolute Gasteiger partial charge is 0.352 e. The summed E-state index contributed by atoms with van der Waals surface area (Å²) in [4.78, 5) is 10.8. The molecular weight excluding hydrogens is 372 g/mol. The van der Waals surface area contributed by atoms with Gasteiger partial charge in [-0.3, -0.25) is 4.99 Å². The summed E-state index contributed by atoms with van der Waals surface area (Å²) in [5, 5.41) is 4.19. The lowest BCUT2D eigenvalue weighted by Crippen LogP contribution is -2.38. The van der Waals surface area contributed by atoms with Crippen LogP contribution in [0.25, 0.3) is 0 Å². The van der Waals surface area contributed by atoms with Crippen molar-refractivity contribution < 1.29 is 0 Å². The van der Waals surface area contributed by atoms with Crippen LogP contribution in [0, 0.1) is 6.92 Å². The number of benzene rings is 1. The molecule has 2 aromatic heterocycles. The van der Waals surface area contributed by atoms with Crippen LogP contribution in [0.3, 0.4) is 0 Å². The molecule has 6 nitrogen and oxygen atoms in total. The van der Waals surface area contributed by atoms with Crippen molar-refractivity contribution in [1.29, 1.82) is 0 Å². The van der Waals surface area contributed by atoms with E-state index in [2.05, 4.69) is 49.0 Å². The summed E-state index contributed by atoms with van der Waals surface area (Å²) >= 11 is 6.09. The van der Waals surface area contributed by atoms with Gasteiger partial charge in [-0.05, 0) is 24.1 Å². The minimum Gasteiger partial charge on any atom is -0.352 e. The van der Waals surface area contributed by atoms with E-state index in [0.717, 1.165) is 35.6 Å². The zero-order chi connectivity index (χ0) is 20.1. The lowest BCUT2D eigenvalue weighted by atomic mass is 10.1. The SMILES string of the molecule is CN=C(NCc1cccc(Cn2ccnc2C)c1)N(C)Cc1cc(Cl)cn1C. The van der Waals surface area contributed by atoms with E-state index in [1.807, 2.05) is 50.2 Å². The zero-order valence-electron chi connectivity index (χ0n) is 16.9. The number of hydrogen-bond donors (Lipinski definition) is 1.